The molecule has 0 nitrogen and oxygen atoms in total. The Morgan fingerprint density at radius 2 is 2.10 bits per heavy atom. The second kappa shape index (κ2) is 3.79. The Morgan fingerprint density at radius 1 is 1.40 bits per heavy atom. The van der Waals surface area contributed by atoms with E-state index in [-0.39, 0.29) is 0 Å². The third kappa shape index (κ3) is 1.86. The van der Waals surface area contributed by atoms with Crippen molar-refractivity contribution in [2.24, 2.45) is 0 Å². The molecule has 0 aromatic heterocycles. The van der Waals surface area contributed by atoms with Crippen LogP contribution in [-0.2, 0) is 6.04 Å². The van der Waals surface area contributed by atoms with E-state index >= 15 is 0 Å². The van der Waals surface area contributed by atoms with E-state index in [1.807, 2.05) is 0 Å². The molecular weight excluding hydrogens is 160 g/mol. The molecular formula is C8H9ClSi. The van der Waals surface area contributed by atoms with Gasteiger partial charge in [0.25, 0.3) is 0 Å². The minimum absolute atomic E-state index is 0.504. The maximum atomic E-state index is 5.64. The summed E-state index contributed by atoms with van der Waals surface area (Å²) in [4.78, 5) is 0. The first-order valence-corrected chi connectivity index (χ1v) is 5.44. The average molecular weight is 169 g/mol. The molecule has 0 saturated heterocycles. The summed E-state index contributed by atoms with van der Waals surface area (Å²) in [6.45, 7) is 2.12. The quantitative estimate of drug-likeness (QED) is 0.470. The summed E-state index contributed by atoms with van der Waals surface area (Å²) in [5, 5.41) is 0. The normalized spacial score (nSPS) is 9.80. The second-order valence-corrected chi connectivity index (χ2v) is 3.66. The van der Waals surface area contributed by atoms with Crippen molar-refractivity contribution < 1.29 is 0 Å². The predicted molar refractivity (Wildman–Crippen MR) is 46.5 cm³/mol. The van der Waals surface area contributed by atoms with Gasteiger partial charge in [0.05, 0.1) is 0 Å². The van der Waals surface area contributed by atoms with Crippen LogP contribution in [0.3, 0.4) is 0 Å². The Morgan fingerprint density at radius 3 is 2.70 bits per heavy atom. The highest BCUT2D eigenvalue weighted by molar-refractivity contribution is 6.93. The summed E-state index contributed by atoms with van der Waals surface area (Å²) in [7, 11) is 0.504. The van der Waals surface area contributed by atoms with Gasteiger partial charge in [0.2, 0.25) is 0 Å². The van der Waals surface area contributed by atoms with Crippen molar-refractivity contribution >= 4 is 19.9 Å². The maximum Gasteiger partial charge on any atom is 0.176 e. The molecule has 0 aliphatic heterocycles. The lowest BCUT2D eigenvalue weighted by atomic mass is 10.1. The molecule has 0 saturated carbocycles. The highest BCUT2D eigenvalue weighted by Gasteiger charge is 1.94. The highest BCUT2D eigenvalue weighted by atomic mass is 35.6. The van der Waals surface area contributed by atoms with Crippen LogP contribution in [-0.4, -0.2) is 8.83 Å². The lowest BCUT2D eigenvalue weighted by molar-refractivity contribution is 1.30. The second-order valence-electron chi connectivity index (χ2n) is 2.24. The Kier molecular flexibility index (Phi) is 2.97. The number of rotatable bonds is 2. The van der Waals surface area contributed by atoms with Crippen molar-refractivity contribution in [1.29, 1.82) is 0 Å². The third-order valence-electron chi connectivity index (χ3n) is 1.52. The van der Waals surface area contributed by atoms with E-state index in [0.717, 1.165) is 6.04 Å². The van der Waals surface area contributed by atoms with E-state index in [1.165, 1.54) is 11.1 Å². The van der Waals surface area contributed by atoms with E-state index in [9.17, 15) is 0 Å². The lowest BCUT2D eigenvalue weighted by Gasteiger charge is -1.99. The molecule has 0 aliphatic rings. The SMILES string of the molecule is Cc1ccccc1C[Si]Cl. The average Bonchev–Trinajstić information content (AvgIpc) is 1.94. The number of hydrogen-bond donors (Lipinski definition) is 0. The van der Waals surface area contributed by atoms with Gasteiger partial charge in [0.15, 0.2) is 8.83 Å². The van der Waals surface area contributed by atoms with Crippen molar-refractivity contribution in [2.75, 3.05) is 0 Å². The minimum Gasteiger partial charge on any atom is -0.171 e. The molecule has 0 spiro atoms. The van der Waals surface area contributed by atoms with Gasteiger partial charge >= 0.3 is 0 Å². The standard InChI is InChI=1S/C8H9ClSi/c1-7-4-2-3-5-8(7)6-10-9/h2-5H,6H2,1H3. The van der Waals surface area contributed by atoms with Crippen LogP contribution in [0.4, 0.5) is 0 Å². The number of aryl methyl sites for hydroxylation is 1. The zero-order valence-corrected chi connectivity index (χ0v) is 7.65. The first kappa shape index (κ1) is 7.83. The predicted octanol–water partition coefficient (Wildman–Crippen LogP) is 2.35. The molecule has 10 heavy (non-hydrogen) atoms. The van der Waals surface area contributed by atoms with Crippen LogP contribution in [0.15, 0.2) is 24.3 Å². The van der Waals surface area contributed by atoms with Gasteiger partial charge in [-0.25, -0.2) is 0 Å². The lowest BCUT2D eigenvalue weighted by Crippen LogP contribution is -1.91. The molecule has 52 valence electrons. The van der Waals surface area contributed by atoms with Crippen LogP contribution in [0.5, 0.6) is 0 Å². The molecule has 0 N–H and O–H groups in total. The third-order valence-corrected chi connectivity index (χ3v) is 2.43. The summed E-state index contributed by atoms with van der Waals surface area (Å²) in [6, 6.07) is 9.36. The molecule has 1 aromatic rings. The largest absolute Gasteiger partial charge is 0.176 e. The molecule has 0 fully saturated rings. The Hall–Kier alpha value is -0.273. The van der Waals surface area contributed by atoms with Crippen molar-refractivity contribution in [1.82, 2.24) is 0 Å². The van der Waals surface area contributed by atoms with Gasteiger partial charge < -0.3 is 0 Å². The molecule has 2 heteroatoms. The van der Waals surface area contributed by atoms with E-state index in [2.05, 4.69) is 31.2 Å². The minimum atomic E-state index is 0.504. The monoisotopic (exact) mass is 168 g/mol. The highest BCUT2D eigenvalue weighted by Crippen LogP contribution is 2.06. The molecule has 0 heterocycles. The van der Waals surface area contributed by atoms with Crippen molar-refractivity contribution in [3.63, 3.8) is 0 Å². The molecule has 1 aromatic carbocycles. The first-order chi connectivity index (χ1) is 4.84. The molecule has 0 unspecified atom stereocenters. The Bertz CT molecular complexity index is 210. The summed E-state index contributed by atoms with van der Waals surface area (Å²) in [5.41, 5.74) is 2.71. The molecule has 0 amide bonds. The fourth-order valence-electron chi connectivity index (χ4n) is 0.880. The summed E-state index contributed by atoms with van der Waals surface area (Å²) >= 11 is 5.64. The number of hydrogen-bond acceptors (Lipinski definition) is 0. The van der Waals surface area contributed by atoms with Crippen molar-refractivity contribution in [2.45, 2.75) is 13.0 Å². The number of benzene rings is 1. The van der Waals surface area contributed by atoms with E-state index in [4.69, 9.17) is 11.1 Å². The zero-order chi connectivity index (χ0) is 7.40. The van der Waals surface area contributed by atoms with E-state index in [0.29, 0.717) is 8.83 Å². The maximum absolute atomic E-state index is 5.64. The molecule has 0 bridgehead atoms. The fraction of sp³-hybridized carbons (Fsp3) is 0.250. The van der Waals surface area contributed by atoms with Gasteiger partial charge in [-0.2, -0.15) is 11.1 Å². The first-order valence-electron chi connectivity index (χ1n) is 3.22. The Balaban J connectivity index is 2.81. The van der Waals surface area contributed by atoms with Crippen LogP contribution in [0.1, 0.15) is 11.1 Å². The molecule has 0 atom stereocenters. The van der Waals surface area contributed by atoms with Gasteiger partial charge in [-0.15, -0.1) is 0 Å². The van der Waals surface area contributed by atoms with Crippen molar-refractivity contribution in [3.8, 4) is 0 Å². The number of halogens is 1. The summed E-state index contributed by atoms with van der Waals surface area (Å²) < 4.78 is 0. The topological polar surface area (TPSA) is 0 Å². The summed E-state index contributed by atoms with van der Waals surface area (Å²) in [5.74, 6) is 0. The van der Waals surface area contributed by atoms with Crippen LogP contribution >= 0.6 is 11.1 Å². The van der Waals surface area contributed by atoms with Crippen LogP contribution < -0.4 is 0 Å². The fourth-order valence-corrected chi connectivity index (χ4v) is 1.85. The van der Waals surface area contributed by atoms with Crippen LogP contribution in [0.25, 0.3) is 0 Å². The van der Waals surface area contributed by atoms with Gasteiger partial charge in [-0.05, 0) is 24.1 Å². The van der Waals surface area contributed by atoms with Gasteiger partial charge in [-0.3, -0.25) is 0 Å². The molecule has 1 rings (SSSR count). The van der Waals surface area contributed by atoms with Gasteiger partial charge in [0, 0.05) is 0 Å². The molecule has 0 aliphatic carbocycles. The Labute approximate surface area is 68.7 Å². The van der Waals surface area contributed by atoms with E-state index < -0.39 is 0 Å². The summed E-state index contributed by atoms with van der Waals surface area (Å²) in [6.07, 6.45) is 0. The van der Waals surface area contributed by atoms with E-state index in [1.54, 1.807) is 0 Å². The van der Waals surface area contributed by atoms with Gasteiger partial charge in [-0.1, -0.05) is 24.3 Å². The zero-order valence-electron chi connectivity index (χ0n) is 5.89. The van der Waals surface area contributed by atoms with Crippen molar-refractivity contribution in [3.05, 3.63) is 35.4 Å². The van der Waals surface area contributed by atoms with Gasteiger partial charge in [0.1, 0.15) is 0 Å². The smallest absolute Gasteiger partial charge is 0.171 e. The molecule has 2 radical (unpaired) electrons. The van der Waals surface area contributed by atoms with Crippen LogP contribution in [0, 0.1) is 6.92 Å². The van der Waals surface area contributed by atoms with Crippen LogP contribution in [0.2, 0.25) is 0 Å².